The quantitative estimate of drug-likeness (QED) is 0.850. The Morgan fingerprint density at radius 1 is 1.33 bits per heavy atom. The number of rotatable bonds is 5. The van der Waals surface area contributed by atoms with Crippen molar-refractivity contribution in [2.45, 2.75) is 29.2 Å². The fourth-order valence-corrected chi connectivity index (χ4v) is 3.28. The minimum Gasteiger partial charge on any atom is -0.488 e. The second-order valence-electron chi connectivity index (χ2n) is 4.83. The zero-order valence-corrected chi connectivity index (χ0v) is 13.9. The molecule has 0 spiro atoms. The van der Waals surface area contributed by atoms with Crippen molar-refractivity contribution in [1.82, 2.24) is 10.2 Å². The maximum atomic E-state index is 13.8. The molecule has 21 heavy (non-hydrogen) atoms. The first kappa shape index (κ1) is 15.8. The first-order valence-corrected chi connectivity index (χ1v) is 7.94. The summed E-state index contributed by atoms with van der Waals surface area (Å²) >= 11 is 2.79. The average Bonchev–Trinajstić information content (AvgIpc) is 2.83. The lowest BCUT2D eigenvalue weighted by Crippen LogP contribution is -2.07. The molecule has 114 valence electrons. The third-order valence-electron chi connectivity index (χ3n) is 2.40. The molecule has 1 aromatic heterocycles. The van der Waals surface area contributed by atoms with Crippen LogP contribution in [0, 0.1) is 5.82 Å². The monoisotopic (exact) mass is 328 g/mol. The highest BCUT2D eigenvalue weighted by Gasteiger charge is 2.14. The van der Waals surface area contributed by atoms with Crippen LogP contribution in [0.15, 0.2) is 21.4 Å². The van der Waals surface area contributed by atoms with Gasteiger partial charge in [-0.1, -0.05) is 23.1 Å². The van der Waals surface area contributed by atoms with Crippen LogP contribution in [0.5, 0.6) is 5.75 Å². The Bertz CT molecular complexity index is 631. The molecule has 0 atom stereocenters. The SMILES string of the molecule is CC(C)Oc1cc(Sc2nnc(N(C)C)s2)c(N)cc1F. The van der Waals surface area contributed by atoms with Gasteiger partial charge in [0.25, 0.3) is 0 Å². The molecule has 0 radical (unpaired) electrons. The van der Waals surface area contributed by atoms with E-state index in [0.717, 1.165) is 9.47 Å². The summed E-state index contributed by atoms with van der Waals surface area (Å²) < 4.78 is 20.0. The van der Waals surface area contributed by atoms with Crippen LogP contribution in [0.2, 0.25) is 0 Å². The zero-order valence-electron chi connectivity index (χ0n) is 12.3. The number of hydrogen-bond donors (Lipinski definition) is 1. The van der Waals surface area contributed by atoms with E-state index in [0.29, 0.717) is 10.6 Å². The smallest absolute Gasteiger partial charge is 0.208 e. The molecular formula is C13H17FN4OS2. The summed E-state index contributed by atoms with van der Waals surface area (Å²) in [5.41, 5.74) is 6.22. The van der Waals surface area contributed by atoms with Gasteiger partial charge in [-0.05, 0) is 19.9 Å². The molecule has 2 N–H and O–H groups in total. The van der Waals surface area contributed by atoms with Gasteiger partial charge in [-0.15, -0.1) is 10.2 Å². The fourth-order valence-electron chi connectivity index (χ4n) is 1.50. The van der Waals surface area contributed by atoms with Crippen molar-refractivity contribution in [1.29, 1.82) is 0 Å². The van der Waals surface area contributed by atoms with Gasteiger partial charge in [-0.3, -0.25) is 0 Å². The zero-order chi connectivity index (χ0) is 15.6. The van der Waals surface area contributed by atoms with Gasteiger partial charge < -0.3 is 15.4 Å². The number of ether oxygens (including phenoxy) is 1. The van der Waals surface area contributed by atoms with Crippen LogP contribution in [-0.2, 0) is 0 Å². The molecular weight excluding hydrogens is 311 g/mol. The van der Waals surface area contributed by atoms with E-state index in [4.69, 9.17) is 10.5 Å². The van der Waals surface area contributed by atoms with Gasteiger partial charge in [0.1, 0.15) is 0 Å². The topological polar surface area (TPSA) is 64.3 Å². The molecule has 1 heterocycles. The fraction of sp³-hybridized carbons (Fsp3) is 0.385. The van der Waals surface area contributed by atoms with Gasteiger partial charge in [0, 0.05) is 30.7 Å². The lowest BCUT2D eigenvalue weighted by Gasteiger charge is -2.13. The third-order valence-corrected chi connectivity index (χ3v) is 4.62. The lowest BCUT2D eigenvalue weighted by molar-refractivity contribution is 0.230. The van der Waals surface area contributed by atoms with E-state index in [2.05, 4.69) is 10.2 Å². The molecule has 0 aliphatic rings. The normalized spacial score (nSPS) is 11.0. The number of hydrogen-bond acceptors (Lipinski definition) is 7. The van der Waals surface area contributed by atoms with Gasteiger partial charge in [0.05, 0.1) is 6.10 Å². The molecule has 0 aliphatic heterocycles. The summed E-state index contributed by atoms with van der Waals surface area (Å²) in [7, 11) is 3.80. The second-order valence-corrected chi connectivity index (χ2v) is 7.08. The number of nitrogens with zero attached hydrogens (tertiary/aromatic N) is 3. The van der Waals surface area contributed by atoms with E-state index in [9.17, 15) is 4.39 Å². The van der Waals surface area contributed by atoms with Crippen LogP contribution in [-0.4, -0.2) is 30.4 Å². The Morgan fingerprint density at radius 3 is 2.62 bits per heavy atom. The maximum absolute atomic E-state index is 13.8. The molecule has 0 unspecified atom stereocenters. The minimum atomic E-state index is -0.461. The molecule has 8 heteroatoms. The molecule has 0 saturated heterocycles. The molecule has 2 rings (SSSR count). The minimum absolute atomic E-state index is 0.108. The summed E-state index contributed by atoms with van der Waals surface area (Å²) in [5.74, 6) is -0.268. The molecule has 2 aromatic rings. The van der Waals surface area contributed by atoms with E-state index in [-0.39, 0.29) is 11.9 Å². The van der Waals surface area contributed by atoms with Crippen molar-refractivity contribution in [3.8, 4) is 5.75 Å². The summed E-state index contributed by atoms with van der Waals surface area (Å²) in [5, 5.41) is 8.95. The number of aromatic nitrogens is 2. The number of nitrogen functional groups attached to an aromatic ring is 1. The standard InChI is InChI=1S/C13H17FN4OS2/c1-7(2)19-10-6-11(9(15)5-8(10)14)20-13-17-16-12(21-13)18(3)4/h5-7H,15H2,1-4H3. The average molecular weight is 328 g/mol. The Balaban J connectivity index is 2.25. The largest absolute Gasteiger partial charge is 0.488 e. The van der Waals surface area contributed by atoms with Gasteiger partial charge in [0.2, 0.25) is 5.13 Å². The first-order valence-electron chi connectivity index (χ1n) is 6.31. The highest BCUT2D eigenvalue weighted by molar-refractivity contribution is 8.01. The molecule has 0 aliphatic carbocycles. The van der Waals surface area contributed by atoms with Gasteiger partial charge in [-0.25, -0.2) is 4.39 Å². The summed E-state index contributed by atoms with van der Waals surface area (Å²) in [6.07, 6.45) is -0.108. The molecule has 0 saturated carbocycles. The first-order chi connectivity index (χ1) is 9.86. The van der Waals surface area contributed by atoms with Gasteiger partial charge in [0.15, 0.2) is 15.9 Å². The van der Waals surface area contributed by atoms with E-state index >= 15 is 0 Å². The molecule has 0 amide bonds. The van der Waals surface area contributed by atoms with E-state index < -0.39 is 5.82 Å². The summed E-state index contributed by atoms with van der Waals surface area (Å²) in [4.78, 5) is 2.58. The number of benzene rings is 1. The number of anilines is 2. The maximum Gasteiger partial charge on any atom is 0.208 e. The van der Waals surface area contributed by atoms with Crippen molar-refractivity contribution >= 4 is 33.9 Å². The van der Waals surface area contributed by atoms with Crippen LogP contribution in [0.3, 0.4) is 0 Å². The lowest BCUT2D eigenvalue weighted by atomic mass is 10.3. The van der Waals surface area contributed by atoms with Crippen LogP contribution in [0.25, 0.3) is 0 Å². The predicted octanol–water partition coefficient (Wildman–Crippen LogP) is 3.26. The van der Waals surface area contributed by atoms with Crippen LogP contribution in [0.4, 0.5) is 15.2 Å². The van der Waals surface area contributed by atoms with Crippen molar-refractivity contribution in [2.24, 2.45) is 0 Å². The number of nitrogens with two attached hydrogens (primary N) is 1. The summed E-state index contributed by atoms with van der Waals surface area (Å²) in [6.45, 7) is 3.69. The van der Waals surface area contributed by atoms with E-state index in [1.54, 1.807) is 6.07 Å². The number of halogens is 1. The van der Waals surface area contributed by atoms with Gasteiger partial charge >= 0.3 is 0 Å². The summed E-state index contributed by atoms with van der Waals surface area (Å²) in [6, 6.07) is 2.88. The Labute approximate surface area is 131 Å². The van der Waals surface area contributed by atoms with E-state index in [1.165, 1.54) is 29.2 Å². The third kappa shape index (κ3) is 3.98. The Morgan fingerprint density at radius 2 is 2.05 bits per heavy atom. The van der Waals surface area contributed by atoms with Crippen molar-refractivity contribution in [2.75, 3.05) is 24.7 Å². The molecule has 1 aromatic carbocycles. The van der Waals surface area contributed by atoms with Crippen molar-refractivity contribution in [3.05, 3.63) is 17.9 Å². The second kappa shape index (κ2) is 6.48. The molecule has 0 fully saturated rings. The highest BCUT2D eigenvalue weighted by Crippen LogP contribution is 2.38. The molecule has 0 bridgehead atoms. The Kier molecular flexibility index (Phi) is 4.89. The van der Waals surface area contributed by atoms with Crippen molar-refractivity contribution < 1.29 is 9.13 Å². The van der Waals surface area contributed by atoms with Gasteiger partial charge in [-0.2, -0.15) is 0 Å². The molecule has 5 nitrogen and oxygen atoms in total. The Hall–Kier alpha value is -1.54. The van der Waals surface area contributed by atoms with E-state index in [1.807, 2.05) is 32.8 Å². The predicted molar refractivity (Wildman–Crippen MR) is 84.9 cm³/mol. The van der Waals surface area contributed by atoms with Crippen molar-refractivity contribution in [3.63, 3.8) is 0 Å². The highest BCUT2D eigenvalue weighted by atomic mass is 32.2. The van der Waals surface area contributed by atoms with Crippen LogP contribution >= 0.6 is 23.1 Å². The van der Waals surface area contributed by atoms with Crippen LogP contribution in [0.1, 0.15) is 13.8 Å². The van der Waals surface area contributed by atoms with Crippen LogP contribution < -0.4 is 15.4 Å².